The number of hydrogen-bond acceptors (Lipinski definition) is 15. The van der Waals surface area contributed by atoms with Crippen molar-refractivity contribution in [3.8, 4) is 17.2 Å². The lowest BCUT2D eigenvalue weighted by Crippen LogP contribution is -2.43. The molecule has 0 spiro atoms. The fourth-order valence-corrected chi connectivity index (χ4v) is 9.99. The first-order chi connectivity index (χ1) is 35.6. The number of aromatic nitrogens is 1. The number of aromatic hydroxyl groups is 1. The van der Waals surface area contributed by atoms with E-state index >= 15 is 0 Å². The van der Waals surface area contributed by atoms with Crippen LogP contribution in [0, 0.1) is 0 Å². The Labute approximate surface area is 429 Å². The number of rotatable bonds is 27. The molecule has 1 fully saturated rings. The van der Waals surface area contributed by atoms with E-state index < -0.39 is 45.2 Å². The number of fused-ring (bicyclic) bond motifs is 2. The number of ether oxygens (including phenoxy) is 7. The number of amides is 2. The number of para-hydroxylation sites is 1. The minimum atomic E-state index is -3.80. The summed E-state index contributed by atoms with van der Waals surface area (Å²) in [5, 5.41) is 26.0. The summed E-state index contributed by atoms with van der Waals surface area (Å²) in [5.74, 6) is -1.22. The number of carbonyl (C=O) groups excluding carboxylic acids is 2. The zero-order chi connectivity index (χ0) is 52.7. The van der Waals surface area contributed by atoms with Crippen molar-refractivity contribution in [2.75, 3.05) is 116 Å². The van der Waals surface area contributed by atoms with Gasteiger partial charge in [0.1, 0.15) is 31.1 Å². The molecule has 398 valence electrons. The number of piperidine rings is 1. The highest BCUT2D eigenvalue weighted by atomic mass is 32.2. The van der Waals surface area contributed by atoms with Crippen molar-refractivity contribution in [2.45, 2.75) is 49.8 Å². The molecule has 2 aliphatic heterocycles. The van der Waals surface area contributed by atoms with Gasteiger partial charge in [-0.1, -0.05) is 45.0 Å². The first-order valence-corrected chi connectivity index (χ1v) is 26.0. The number of carboxylic acids is 1. The van der Waals surface area contributed by atoms with Crippen LogP contribution in [0.1, 0.15) is 71.4 Å². The van der Waals surface area contributed by atoms with Gasteiger partial charge in [-0.15, -0.1) is 0 Å². The molecule has 0 atom stereocenters. The van der Waals surface area contributed by atoms with E-state index in [1.165, 1.54) is 34.8 Å². The van der Waals surface area contributed by atoms with Gasteiger partial charge in [0.25, 0.3) is 11.8 Å². The molecule has 0 radical (unpaired) electrons. The van der Waals surface area contributed by atoms with Crippen LogP contribution in [-0.4, -0.2) is 156 Å². The Morgan fingerprint density at radius 2 is 1.35 bits per heavy atom. The van der Waals surface area contributed by atoms with Gasteiger partial charge in [-0.3, -0.25) is 19.2 Å². The molecular formula is C53H65N5O15S. The van der Waals surface area contributed by atoms with E-state index in [1.807, 2.05) is 45.0 Å². The van der Waals surface area contributed by atoms with Crippen molar-refractivity contribution in [3.63, 3.8) is 0 Å². The van der Waals surface area contributed by atoms with Crippen LogP contribution in [0.15, 0.2) is 94.7 Å². The van der Waals surface area contributed by atoms with Crippen LogP contribution in [0.4, 0.5) is 11.4 Å². The topological polar surface area (TPSA) is 254 Å². The van der Waals surface area contributed by atoms with Crippen molar-refractivity contribution in [3.05, 3.63) is 118 Å². The molecule has 3 heterocycles. The number of carboxylic acid groups (broad SMARTS) is 1. The third-order valence-electron chi connectivity index (χ3n) is 12.4. The van der Waals surface area contributed by atoms with Gasteiger partial charge >= 0.3 is 5.97 Å². The van der Waals surface area contributed by atoms with Gasteiger partial charge in [0, 0.05) is 47.6 Å². The number of sulfonamides is 1. The van der Waals surface area contributed by atoms with E-state index in [0.29, 0.717) is 126 Å². The van der Waals surface area contributed by atoms with Crippen molar-refractivity contribution in [2.24, 2.45) is 0 Å². The van der Waals surface area contributed by atoms with Crippen molar-refractivity contribution < 1.29 is 66.2 Å². The number of phenols is 1. The molecule has 0 bridgehead atoms. The van der Waals surface area contributed by atoms with Crippen LogP contribution in [0.3, 0.4) is 0 Å². The van der Waals surface area contributed by atoms with Gasteiger partial charge in [0.05, 0.1) is 83.2 Å². The van der Waals surface area contributed by atoms with Gasteiger partial charge in [-0.05, 0) is 83.8 Å². The molecule has 5 aromatic rings. The van der Waals surface area contributed by atoms with E-state index in [1.54, 1.807) is 30.3 Å². The molecule has 2 amide bonds. The minimum absolute atomic E-state index is 0.0255. The number of H-pyrrole nitrogens is 1. The summed E-state index contributed by atoms with van der Waals surface area (Å²) in [6.07, 6.45) is 2.69. The molecule has 20 nitrogen and oxygen atoms in total. The number of aliphatic carboxylic acids is 1. The van der Waals surface area contributed by atoms with E-state index in [-0.39, 0.29) is 53.3 Å². The lowest BCUT2D eigenvalue weighted by Gasteiger charge is -2.32. The zero-order valence-corrected chi connectivity index (χ0v) is 42.7. The Morgan fingerprint density at radius 3 is 1.96 bits per heavy atom. The van der Waals surface area contributed by atoms with Crippen molar-refractivity contribution >= 4 is 50.1 Å². The van der Waals surface area contributed by atoms with Crippen LogP contribution < -0.4 is 25.5 Å². The molecule has 0 unspecified atom stereocenters. The quantitative estimate of drug-likeness (QED) is 0.0390. The SMILES string of the molecule is CC(C)(C)c1cc(OCCOCCOCCOCCOCCOCCOc2ccc(C3CCN(S(=O)(=O)c4ccc5c(c4)NCN(CC(=O)O)C5=O)CC3)cc2)c(O)cc1NC(=O)c1c[nH]c2ccccc2c1=O. The second-order valence-electron chi connectivity index (χ2n) is 18.6. The predicted molar refractivity (Wildman–Crippen MR) is 275 cm³/mol. The zero-order valence-electron chi connectivity index (χ0n) is 41.9. The van der Waals surface area contributed by atoms with Crippen molar-refractivity contribution in [1.82, 2.24) is 14.2 Å². The molecule has 1 aromatic heterocycles. The normalized spacial score (nSPS) is 14.4. The number of aromatic amines is 1. The number of phenolic OH excluding ortho intramolecular Hbond substituents is 1. The van der Waals surface area contributed by atoms with E-state index in [2.05, 4.69) is 15.6 Å². The Hall–Kier alpha value is -6.59. The molecule has 7 rings (SSSR count). The summed E-state index contributed by atoms with van der Waals surface area (Å²) < 4.78 is 68.1. The van der Waals surface area contributed by atoms with Crippen molar-refractivity contribution in [1.29, 1.82) is 0 Å². The second kappa shape index (κ2) is 26.1. The fraction of sp³-hybridized carbons (Fsp3) is 0.434. The Bertz CT molecular complexity index is 2880. The molecule has 5 N–H and O–H groups in total. The van der Waals surface area contributed by atoms with Gasteiger partial charge in [0.15, 0.2) is 11.5 Å². The molecule has 2 aliphatic rings. The number of nitrogens with zero attached hydrogens (tertiary/aromatic N) is 2. The number of nitrogens with one attached hydrogen (secondary N) is 3. The number of carbonyl (C=O) groups is 3. The lowest BCUT2D eigenvalue weighted by molar-refractivity contribution is -0.137. The van der Waals surface area contributed by atoms with Crippen LogP contribution in [0.5, 0.6) is 17.2 Å². The first kappa shape index (κ1) is 55.2. The maximum atomic E-state index is 13.5. The standard InChI is InChI=1S/C53H65N5O15S/c1-53(2,3)43-31-48(47(59)32-46(43)56-51(63)42-33-54-44-7-5-4-6-40(44)50(42)62)73-29-27-71-25-23-69-21-19-67-18-20-68-22-24-70-26-28-72-38-10-8-36(9-11-38)37-14-16-58(17-15-37)74(65,66)39-12-13-41-45(30-39)55-35-57(52(41)64)34-49(60)61/h4-13,30-33,37,55,59H,14-29,34-35H2,1-3H3,(H,54,62)(H,56,63)(H,60,61). The number of pyridine rings is 1. The molecule has 21 heteroatoms. The Balaban J connectivity index is 0.675. The summed E-state index contributed by atoms with van der Waals surface area (Å²) in [6.45, 7) is 10.4. The molecule has 4 aromatic carbocycles. The minimum Gasteiger partial charge on any atom is -0.504 e. The van der Waals surface area contributed by atoms with Gasteiger partial charge in [-0.25, -0.2) is 8.42 Å². The van der Waals surface area contributed by atoms with Gasteiger partial charge < -0.3 is 63.9 Å². The highest BCUT2D eigenvalue weighted by Crippen LogP contribution is 2.39. The maximum Gasteiger partial charge on any atom is 0.323 e. The Kier molecular flexibility index (Phi) is 19.4. The highest BCUT2D eigenvalue weighted by Gasteiger charge is 2.33. The molecule has 0 saturated carbocycles. The summed E-state index contributed by atoms with van der Waals surface area (Å²) in [4.78, 5) is 54.2. The summed E-state index contributed by atoms with van der Waals surface area (Å²) >= 11 is 0. The van der Waals surface area contributed by atoms with E-state index in [9.17, 15) is 32.7 Å². The van der Waals surface area contributed by atoms with Crippen LogP contribution >= 0.6 is 0 Å². The third-order valence-corrected chi connectivity index (χ3v) is 14.3. The highest BCUT2D eigenvalue weighted by molar-refractivity contribution is 7.89. The molecule has 1 saturated heterocycles. The Morgan fingerprint density at radius 1 is 0.757 bits per heavy atom. The first-order valence-electron chi connectivity index (χ1n) is 24.5. The fourth-order valence-electron chi connectivity index (χ4n) is 8.49. The summed E-state index contributed by atoms with van der Waals surface area (Å²) in [6, 6.07) is 22.2. The smallest absolute Gasteiger partial charge is 0.323 e. The average molecular weight is 1040 g/mol. The summed E-state index contributed by atoms with van der Waals surface area (Å²) in [7, 11) is -3.80. The second-order valence-corrected chi connectivity index (χ2v) is 20.5. The molecule has 0 aliphatic carbocycles. The monoisotopic (exact) mass is 1040 g/mol. The number of hydrogen-bond donors (Lipinski definition) is 5. The lowest BCUT2D eigenvalue weighted by atomic mass is 9.85. The van der Waals surface area contributed by atoms with Crippen LogP contribution in [0.25, 0.3) is 10.9 Å². The predicted octanol–water partition coefficient (Wildman–Crippen LogP) is 5.80. The number of benzene rings is 4. The van der Waals surface area contributed by atoms with Gasteiger partial charge in [-0.2, -0.15) is 4.31 Å². The van der Waals surface area contributed by atoms with E-state index in [4.69, 9.17) is 38.3 Å². The summed E-state index contributed by atoms with van der Waals surface area (Å²) in [5.41, 5.74) is 2.53. The third kappa shape index (κ3) is 14.8. The maximum absolute atomic E-state index is 13.5. The average Bonchev–Trinajstić information content (AvgIpc) is 3.38. The van der Waals surface area contributed by atoms with E-state index in [0.717, 1.165) is 10.5 Å². The molecular weight excluding hydrogens is 979 g/mol. The number of anilines is 2. The largest absolute Gasteiger partial charge is 0.504 e. The van der Waals surface area contributed by atoms with Crippen LogP contribution in [-0.2, 0) is 43.9 Å². The van der Waals surface area contributed by atoms with Crippen LogP contribution in [0.2, 0.25) is 0 Å². The van der Waals surface area contributed by atoms with Gasteiger partial charge in [0.2, 0.25) is 15.5 Å². The molecule has 74 heavy (non-hydrogen) atoms.